The van der Waals surface area contributed by atoms with Crippen molar-refractivity contribution >= 4 is 35.3 Å². The third-order valence-corrected chi connectivity index (χ3v) is 10.2. The molecule has 53 heavy (non-hydrogen) atoms. The van der Waals surface area contributed by atoms with Crippen LogP contribution in [-0.4, -0.2) is 89.2 Å². The Morgan fingerprint density at radius 3 is 2.15 bits per heavy atom. The molecule has 3 N–H and O–H groups in total. The summed E-state index contributed by atoms with van der Waals surface area (Å²) >= 11 is 0. The van der Waals surface area contributed by atoms with Gasteiger partial charge in [-0.25, -0.2) is 4.79 Å². The normalized spacial score (nSPS) is 21.0. The van der Waals surface area contributed by atoms with Gasteiger partial charge in [0.05, 0.1) is 24.9 Å². The lowest BCUT2D eigenvalue weighted by atomic mass is 9.85. The summed E-state index contributed by atoms with van der Waals surface area (Å²) in [7, 11) is 0. The van der Waals surface area contributed by atoms with Gasteiger partial charge in [-0.15, -0.1) is 0 Å². The minimum absolute atomic E-state index is 0.00436. The average Bonchev–Trinajstić information content (AvgIpc) is 3.66. The van der Waals surface area contributed by atoms with Crippen molar-refractivity contribution in [3.8, 4) is 5.75 Å². The lowest BCUT2D eigenvalue weighted by Crippen LogP contribution is -2.59. The van der Waals surface area contributed by atoms with E-state index in [1.165, 1.54) is 4.90 Å². The van der Waals surface area contributed by atoms with Crippen LogP contribution in [0, 0.1) is 31.1 Å². The van der Waals surface area contributed by atoms with E-state index in [1.807, 2.05) is 88.3 Å². The van der Waals surface area contributed by atoms with Crippen LogP contribution in [0.15, 0.2) is 17.3 Å². The highest BCUT2D eigenvalue weighted by molar-refractivity contribution is 6.38. The molecular formula is C40H61N5O8. The van der Waals surface area contributed by atoms with Gasteiger partial charge >= 0.3 is 6.09 Å². The maximum absolute atomic E-state index is 14.7. The molecule has 4 amide bonds. The van der Waals surface area contributed by atoms with Crippen LogP contribution in [0.5, 0.6) is 5.75 Å². The third-order valence-electron chi connectivity index (χ3n) is 10.2. The van der Waals surface area contributed by atoms with Gasteiger partial charge in [-0.3, -0.25) is 19.2 Å². The first-order valence-electron chi connectivity index (χ1n) is 19.2. The number of aryl methyl sites for hydroxylation is 2. The molecule has 13 nitrogen and oxygen atoms in total. The van der Waals surface area contributed by atoms with Gasteiger partial charge in [0, 0.05) is 24.4 Å². The highest BCUT2D eigenvalue weighted by Crippen LogP contribution is 2.41. The molecule has 1 aromatic rings. The van der Waals surface area contributed by atoms with Gasteiger partial charge in [-0.05, 0) is 80.5 Å². The minimum Gasteiger partial charge on any atom is -0.493 e. The molecule has 13 heteroatoms. The summed E-state index contributed by atoms with van der Waals surface area (Å²) in [4.78, 5) is 75.9. The number of oxime groups is 1. The molecule has 2 aliphatic heterocycles. The molecule has 1 aromatic carbocycles. The molecule has 1 saturated carbocycles. The fourth-order valence-corrected chi connectivity index (χ4v) is 7.37. The summed E-state index contributed by atoms with van der Waals surface area (Å²) in [5.41, 5.74) is 1.59. The van der Waals surface area contributed by atoms with Crippen molar-refractivity contribution in [1.29, 1.82) is 0 Å². The van der Waals surface area contributed by atoms with E-state index in [2.05, 4.69) is 21.1 Å². The number of rotatable bonds is 15. The number of nitrogens with zero attached hydrogens (tertiary/aromatic N) is 2. The topological polar surface area (TPSA) is 165 Å². The summed E-state index contributed by atoms with van der Waals surface area (Å²) < 4.78 is 11.7. The fourth-order valence-electron chi connectivity index (χ4n) is 7.37. The maximum atomic E-state index is 14.7. The van der Waals surface area contributed by atoms with Gasteiger partial charge < -0.3 is 35.2 Å². The molecule has 2 fully saturated rings. The minimum atomic E-state index is -1.08. The summed E-state index contributed by atoms with van der Waals surface area (Å²) in [6.07, 6.45) is 1.72. The Labute approximate surface area is 314 Å². The van der Waals surface area contributed by atoms with Crippen molar-refractivity contribution in [2.75, 3.05) is 13.2 Å². The first kappa shape index (κ1) is 41.6. The number of amides is 4. The molecule has 0 radical (unpaired) electrons. The molecular weight excluding hydrogens is 678 g/mol. The molecule has 1 saturated heterocycles. The molecule has 0 bridgehead atoms. The Kier molecular flexibility index (Phi) is 13.3. The number of hydrogen-bond donors (Lipinski definition) is 3. The van der Waals surface area contributed by atoms with Crippen LogP contribution in [0.4, 0.5) is 4.79 Å². The number of ether oxygens (including phenoxy) is 2. The molecule has 1 aliphatic carbocycles. The van der Waals surface area contributed by atoms with Crippen molar-refractivity contribution in [3.63, 3.8) is 0 Å². The van der Waals surface area contributed by atoms with Gasteiger partial charge in [0.1, 0.15) is 23.9 Å². The van der Waals surface area contributed by atoms with Gasteiger partial charge in [-0.2, -0.15) is 0 Å². The standard InChI is InChI=1S/C40H61N5O8/c1-12-14-28(31(46)36(48)41-27-15-16-27)42-35(47)30-20-40(19-29(44-53-40)26-17-24(7)33(51-13-2)25(8)18-26)21-45(30)37(49)34(39(9,10)11)43-38(50)52-32(22(3)4)23(5)6/h17-18,22-23,27-28,30,32,34H,12-16,19-21H2,1-11H3,(H,41,48)(H,42,47)(H,43,50)/t28-,30-,34+,40+/m0/s1. The molecule has 2 heterocycles. The van der Waals surface area contributed by atoms with Gasteiger partial charge in [0.15, 0.2) is 5.60 Å². The molecule has 3 aliphatic rings. The van der Waals surface area contributed by atoms with Crippen LogP contribution < -0.4 is 20.7 Å². The predicted octanol–water partition coefficient (Wildman–Crippen LogP) is 5.12. The predicted molar refractivity (Wildman–Crippen MR) is 202 cm³/mol. The molecule has 0 aromatic heterocycles. The van der Waals surface area contributed by atoms with Crippen molar-refractivity contribution in [1.82, 2.24) is 20.9 Å². The Balaban J connectivity index is 1.64. The second-order valence-electron chi connectivity index (χ2n) is 16.8. The smallest absolute Gasteiger partial charge is 0.408 e. The second-order valence-corrected chi connectivity index (χ2v) is 16.8. The van der Waals surface area contributed by atoms with Crippen molar-refractivity contribution in [2.24, 2.45) is 22.4 Å². The average molecular weight is 740 g/mol. The lowest BCUT2D eigenvalue weighted by Gasteiger charge is -2.36. The lowest BCUT2D eigenvalue weighted by molar-refractivity contribution is -0.144. The van der Waals surface area contributed by atoms with Gasteiger partial charge in [0.2, 0.25) is 17.6 Å². The van der Waals surface area contributed by atoms with E-state index in [-0.39, 0.29) is 43.4 Å². The number of carbonyl (C=O) groups is 5. The zero-order chi connectivity index (χ0) is 39.4. The van der Waals surface area contributed by atoms with E-state index in [0.29, 0.717) is 25.2 Å². The van der Waals surface area contributed by atoms with Crippen molar-refractivity contribution in [3.05, 3.63) is 28.8 Å². The molecule has 4 atom stereocenters. The number of likely N-dealkylation sites (tertiary alicyclic amines) is 1. The molecule has 1 spiro atoms. The second kappa shape index (κ2) is 16.9. The zero-order valence-corrected chi connectivity index (χ0v) is 33.5. The van der Waals surface area contributed by atoms with Crippen molar-refractivity contribution in [2.45, 2.75) is 151 Å². The summed E-state index contributed by atoms with van der Waals surface area (Å²) in [5, 5.41) is 12.8. The SMILES string of the molecule is CCC[C@H](NC(=O)[C@@H]1C[C@]2(CC(c3cc(C)c(OCC)c(C)c3)=NO2)CN1C(=O)[C@@H](NC(=O)OC(C(C)C)C(C)C)C(C)(C)C)C(=O)C(=O)NC1CC1. The van der Waals surface area contributed by atoms with Gasteiger partial charge in [-0.1, -0.05) is 67.0 Å². The van der Waals surface area contributed by atoms with E-state index in [9.17, 15) is 24.0 Å². The fraction of sp³-hybridized carbons (Fsp3) is 0.700. The zero-order valence-electron chi connectivity index (χ0n) is 33.5. The van der Waals surface area contributed by atoms with E-state index in [4.69, 9.17) is 14.3 Å². The maximum Gasteiger partial charge on any atom is 0.408 e. The molecule has 0 unspecified atom stereocenters. The first-order valence-corrected chi connectivity index (χ1v) is 19.2. The van der Waals surface area contributed by atoms with Crippen LogP contribution >= 0.6 is 0 Å². The van der Waals surface area contributed by atoms with Crippen LogP contribution in [-0.2, 0) is 28.8 Å². The highest BCUT2D eigenvalue weighted by Gasteiger charge is 2.56. The van der Waals surface area contributed by atoms with E-state index < -0.39 is 58.7 Å². The van der Waals surface area contributed by atoms with Crippen LogP contribution in [0.3, 0.4) is 0 Å². The quantitative estimate of drug-likeness (QED) is 0.209. The largest absolute Gasteiger partial charge is 0.493 e. The molecule has 4 rings (SSSR count). The third kappa shape index (κ3) is 10.1. The highest BCUT2D eigenvalue weighted by atomic mass is 16.7. The van der Waals surface area contributed by atoms with E-state index in [0.717, 1.165) is 35.3 Å². The van der Waals surface area contributed by atoms with E-state index in [1.54, 1.807) is 0 Å². The Bertz CT molecular complexity index is 1550. The molecule has 294 valence electrons. The van der Waals surface area contributed by atoms with E-state index >= 15 is 0 Å². The summed E-state index contributed by atoms with van der Waals surface area (Å²) in [5.74, 6) is -1.60. The van der Waals surface area contributed by atoms with Crippen LogP contribution in [0.25, 0.3) is 0 Å². The van der Waals surface area contributed by atoms with Gasteiger partial charge in [0.25, 0.3) is 5.91 Å². The van der Waals surface area contributed by atoms with Crippen LogP contribution in [0.1, 0.15) is 118 Å². The summed E-state index contributed by atoms with van der Waals surface area (Å²) in [6.45, 7) is 21.7. The summed E-state index contributed by atoms with van der Waals surface area (Å²) in [6, 6.07) is 0.732. The number of alkyl carbamates (subject to hydrolysis) is 1. The van der Waals surface area contributed by atoms with Crippen LogP contribution in [0.2, 0.25) is 0 Å². The number of Topliss-reactive ketones (excluding diaryl/α,β-unsaturated/α-hetero) is 1. The Morgan fingerprint density at radius 2 is 1.62 bits per heavy atom. The Morgan fingerprint density at radius 1 is 1.00 bits per heavy atom. The first-order chi connectivity index (χ1) is 24.8. The monoisotopic (exact) mass is 739 g/mol. The van der Waals surface area contributed by atoms with Crippen molar-refractivity contribution < 1.29 is 38.3 Å². The Hall–Kier alpha value is -4.16. The number of nitrogens with one attached hydrogen (secondary N) is 3. The number of carbonyl (C=O) groups excluding carboxylic acids is 5. The number of benzene rings is 1. The number of hydrogen-bond acceptors (Lipinski definition) is 9. The number of ketones is 1.